The maximum Gasteiger partial charge on any atom is 0.341 e. The van der Waals surface area contributed by atoms with Gasteiger partial charge >= 0.3 is 5.97 Å². The molecule has 2 aliphatic rings. The van der Waals surface area contributed by atoms with E-state index in [4.69, 9.17) is 13.9 Å². The lowest BCUT2D eigenvalue weighted by Gasteiger charge is -2.35. The fourth-order valence-electron chi connectivity index (χ4n) is 3.28. The average molecular weight is 322 g/mol. The largest absolute Gasteiger partial charge is 0.467 e. The second-order valence-corrected chi connectivity index (χ2v) is 6.28. The average Bonchev–Trinajstić information content (AvgIpc) is 3.21. The number of furan rings is 1. The molecule has 3 heterocycles. The van der Waals surface area contributed by atoms with E-state index in [1.54, 1.807) is 12.3 Å². The molecule has 6 nitrogen and oxygen atoms in total. The molecule has 128 valence electrons. The predicted molar refractivity (Wildman–Crippen MR) is 85.3 cm³/mol. The molecule has 0 amide bonds. The number of nitrogens with zero attached hydrogens (tertiary/aromatic N) is 2. The summed E-state index contributed by atoms with van der Waals surface area (Å²) in [6.45, 7) is 9.95. The Morgan fingerprint density at radius 1 is 1.30 bits per heavy atom. The summed E-state index contributed by atoms with van der Waals surface area (Å²) in [7, 11) is 0. The lowest BCUT2D eigenvalue weighted by Crippen LogP contribution is -2.47. The summed E-state index contributed by atoms with van der Waals surface area (Å²) < 4.78 is 16.0. The second-order valence-electron chi connectivity index (χ2n) is 6.28. The Labute approximate surface area is 137 Å². The molecular weight excluding hydrogens is 296 g/mol. The topological polar surface area (TPSA) is 55.2 Å². The van der Waals surface area contributed by atoms with Crippen LogP contribution in [-0.4, -0.2) is 68.3 Å². The molecule has 1 atom stereocenters. The molecule has 3 rings (SSSR count). The van der Waals surface area contributed by atoms with E-state index in [-0.39, 0.29) is 5.97 Å². The van der Waals surface area contributed by atoms with Crippen LogP contribution in [0.3, 0.4) is 0 Å². The summed E-state index contributed by atoms with van der Waals surface area (Å²) in [4.78, 5) is 16.7. The Kier molecular flexibility index (Phi) is 5.70. The van der Waals surface area contributed by atoms with Crippen molar-refractivity contribution in [3.05, 3.63) is 23.7 Å². The Bertz CT molecular complexity index is 502. The maximum atomic E-state index is 11.9. The summed E-state index contributed by atoms with van der Waals surface area (Å²) in [6.07, 6.45) is 2.76. The molecule has 0 saturated carbocycles. The quantitative estimate of drug-likeness (QED) is 0.742. The van der Waals surface area contributed by atoms with Crippen molar-refractivity contribution in [3.63, 3.8) is 0 Å². The van der Waals surface area contributed by atoms with Crippen LogP contribution in [0.15, 0.2) is 16.7 Å². The van der Waals surface area contributed by atoms with Crippen LogP contribution in [0.1, 0.15) is 29.5 Å². The molecule has 0 radical (unpaired) electrons. The molecule has 1 aromatic rings. The first kappa shape index (κ1) is 16.5. The number of rotatable bonds is 6. The van der Waals surface area contributed by atoms with E-state index < -0.39 is 0 Å². The molecular formula is C17H26N2O4. The number of carbonyl (C=O) groups is 1. The first-order chi connectivity index (χ1) is 11.3. The molecule has 23 heavy (non-hydrogen) atoms. The van der Waals surface area contributed by atoms with E-state index in [1.807, 2.05) is 6.92 Å². The van der Waals surface area contributed by atoms with E-state index in [2.05, 4.69) is 9.80 Å². The van der Waals surface area contributed by atoms with Crippen molar-refractivity contribution < 1.29 is 18.7 Å². The zero-order chi connectivity index (χ0) is 16.1. The summed E-state index contributed by atoms with van der Waals surface area (Å²) in [5, 5.41) is 0. The third-order valence-corrected chi connectivity index (χ3v) is 4.61. The molecule has 0 aliphatic carbocycles. The summed E-state index contributed by atoms with van der Waals surface area (Å²) >= 11 is 0. The molecule has 0 spiro atoms. The van der Waals surface area contributed by atoms with Gasteiger partial charge in [0.2, 0.25) is 0 Å². The van der Waals surface area contributed by atoms with E-state index in [0.717, 1.165) is 45.9 Å². The van der Waals surface area contributed by atoms with Crippen molar-refractivity contribution in [2.24, 2.45) is 5.92 Å². The van der Waals surface area contributed by atoms with Gasteiger partial charge in [0.15, 0.2) is 0 Å². The first-order valence-electron chi connectivity index (χ1n) is 8.52. The van der Waals surface area contributed by atoms with Crippen molar-refractivity contribution in [2.75, 3.05) is 52.5 Å². The van der Waals surface area contributed by atoms with Gasteiger partial charge in [0.05, 0.1) is 26.0 Å². The van der Waals surface area contributed by atoms with Crippen LogP contribution in [0.25, 0.3) is 0 Å². The van der Waals surface area contributed by atoms with Gasteiger partial charge in [0, 0.05) is 39.3 Å². The number of hydrogen-bond acceptors (Lipinski definition) is 6. The van der Waals surface area contributed by atoms with Gasteiger partial charge in [-0.3, -0.25) is 4.90 Å². The van der Waals surface area contributed by atoms with Crippen molar-refractivity contribution >= 4 is 5.97 Å². The highest BCUT2D eigenvalue weighted by Crippen LogP contribution is 2.18. The fourth-order valence-corrected chi connectivity index (χ4v) is 3.28. The van der Waals surface area contributed by atoms with Crippen LogP contribution < -0.4 is 0 Å². The van der Waals surface area contributed by atoms with Crippen molar-refractivity contribution in [3.8, 4) is 0 Å². The molecule has 2 saturated heterocycles. The van der Waals surface area contributed by atoms with Crippen LogP contribution in [0.2, 0.25) is 0 Å². The van der Waals surface area contributed by atoms with Gasteiger partial charge in [-0.1, -0.05) is 0 Å². The van der Waals surface area contributed by atoms with Crippen LogP contribution in [0.5, 0.6) is 0 Å². The van der Waals surface area contributed by atoms with Gasteiger partial charge in [-0.2, -0.15) is 0 Å². The molecule has 0 aromatic carbocycles. The SMILES string of the molecule is CCOC(=O)c1ccoc1CN1CCN(C[C@H]2CCOC2)CC1. The highest BCUT2D eigenvalue weighted by atomic mass is 16.5. The summed E-state index contributed by atoms with van der Waals surface area (Å²) in [5.41, 5.74) is 0.553. The van der Waals surface area contributed by atoms with E-state index in [1.165, 1.54) is 6.42 Å². The third-order valence-electron chi connectivity index (χ3n) is 4.61. The van der Waals surface area contributed by atoms with Crippen LogP contribution in [0, 0.1) is 5.92 Å². The van der Waals surface area contributed by atoms with Crippen molar-refractivity contribution in [2.45, 2.75) is 19.9 Å². The Balaban J connectivity index is 1.47. The van der Waals surface area contributed by atoms with Crippen molar-refractivity contribution in [1.82, 2.24) is 9.80 Å². The van der Waals surface area contributed by atoms with Gasteiger partial charge in [-0.05, 0) is 25.3 Å². The monoisotopic (exact) mass is 322 g/mol. The molecule has 6 heteroatoms. The Morgan fingerprint density at radius 3 is 2.78 bits per heavy atom. The van der Waals surface area contributed by atoms with Gasteiger partial charge in [0.1, 0.15) is 11.3 Å². The van der Waals surface area contributed by atoms with Gasteiger partial charge in [0.25, 0.3) is 0 Å². The number of hydrogen-bond donors (Lipinski definition) is 0. The Hall–Kier alpha value is -1.37. The molecule has 1 aromatic heterocycles. The number of piperazine rings is 1. The highest BCUT2D eigenvalue weighted by molar-refractivity contribution is 5.90. The maximum absolute atomic E-state index is 11.9. The normalized spacial score (nSPS) is 23.3. The zero-order valence-electron chi connectivity index (χ0n) is 13.8. The third kappa shape index (κ3) is 4.34. The minimum atomic E-state index is -0.295. The lowest BCUT2D eigenvalue weighted by molar-refractivity contribution is 0.0519. The molecule has 0 N–H and O–H groups in total. The molecule has 2 aliphatic heterocycles. The van der Waals surface area contributed by atoms with Crippen LogP contribution in [0.4, 0.5) is 0 Å². The highest BCUT2D eigenvalue weighted by Gasteiger charge is 2.24. The predicted octanol–water partition coefficient (Wildman–Crippen LogP) is 1.61. The minimum Gasteiger partial charge on any atom is -0.467 e. The minimum absolute atomic E-state index is 0.295. The number of esters is 1. The van der Waals surface area contributed by atoms with E-state index >= 15 is 0 Å². The Morgan fingerprint density at radius 2 is 2.09 bits per heavy atom. The smallest absolute Gasteiger partial charge is 0.341 e. The van der Waals surface area contributed by atoms with Gasteiger partial charge in [-0.25, -0.2) is 4.79 Å². The first-order valence-corrected chi connectivity index (χ1v) is 8.52. The van der Waals surface area contributed by atoms with Gasteiger partial charge < -0.3 is 18.8 Å². The lowest BCUT2D eigenvalue weighted by atomic mass is 10.1. The summed E-state index contributed by atoms with van der Waals surface area (Å²) in [6, 6.07) is 1.70. The van der Waals surface area contributed by atoms with E-state index in [9.17, 15) is 4.79 Å². The number of ether oxygens (including phenoxy) is 2. The fraction of sp³-hybridized carbons (Fsp3) is 0.706. The molecule has 0 bridgehead atoms. The van der Waals surface area contributed by atoms with Crippen LogP contribution in [-0.2, 0) is 16.0 Å². The second kappa shape index (κ2) is 7.95. The summed E-state index contributed by atoms with van der Waals surface area (Å²) in [5.74, 6) is 1.11. The zero-order valence-corrected chi connectivity index (χ0v) is 13.8. The molecule has 2 fully saturated rings. The molecule has 0 unspecified atom stereocenters. The van der Waals surface area contributed by atoms with Crippen molar-refractivity contribution in [1.29, 1.82) is 0 Å². The number of carbonyl (C=O) groups excluding carboxylic acids is 1. The van der Waals surface area contributed by atoms with Gasteiger partial charge in [-0.15, -0.1) is 0 Å². The van der Waals surface area contributed by atoms with Crippen LogP contribution >= 0.6 is 0 Å². The standard InChI is InChI=1S/C17H26N2O4/c1-2-22-17(20)15-4-10-23-16(15)12-19-7-5-18(6-8-19)11-14-3-9-21-13-14/h4,10,14H,2-3,5-9,11-13H2,1H3/t14-/m1/s1. The van der Waals surface area contributed by atoms with E-state index in [0.29, 0.717) is 30.4 Å².